The molecule has 0 aliphatic carbocycles. The molecule has 0 amide bonds. The minimum Gasteiger partial charge on any atom is -0.377 e. The summed E-state index contributed by atoms with van der Waals surface area (Å²) in [6, 6.07) is 4.81. The van der Waals surface area contributed by atoms with Crippen LogP contribution in [0.4, 0.5) is 0 Å². The summed E-state index contributed by atoms with van der Waals surface area (Å²) < 4.78 is 5.85. The van der Waals surface area contributed by atoms with Crippen LogP contribution >= 0.6 is 11.3 Å². The maximum atomic E-state index is 5.85. The van der Waals surface area contributed by atoms with Crippen LogP contribution in [-0.2, 0) is 11.2 Å². The smallest absolute Gasteiger partial charge is 0.0727 e. The third kappa shape index (κ3) is 5.19. The number of thiophene rings is 1. The molecule has 1 heterocycles. The van der Waals surface area contributed by atoms with E-state index >= 15 is 0 Å². The average Bonchev–Trinajstić information content (AvgIpc) is 2.83. The molecule has 0 fully saturated rings. The minimum absolute atomic E-state index is 0.356. The number of nitrogens with one attached hydrogen (secondary N) is 1. The molecule has 98 valence electrons. The molecule has 2 nitrogen and oxygen atoms in total. The van der Waals surface area contributed by atoms with Gasteiger partial charge in [-0.15, -0.1) is 11.3 Å². The Kier molecular flexibility index (Phi) is 7.49. The van der Waals surface area contributed by atoms with Crippen molar-refractivity contribution in [2.45, 2.75) is 51.7 Å². The molecule has 0 aliphatic rings. The van der Waals surface area contributed by atoms with Crippen molar-refractivity contribution < 1.29 is 4.74 Å². The van der Waals surface area contributed by atoms with Gasteiger partial charge in [-0.25, -0.2) is 0 Å². The molecule has 3 heteroatoms. The number of ether oxygens (including phenoxy) is 1. The molecule has 0 saturated heterocycles. The zero-order chi connectivity index (χ0) is 12.5. The standard InChI is InChI=1S/C14H25NOS/c1-4-7-14(16-5-2)13(15-3)10-9-12-8-6-11-17-12/h6,8,11,13-15H,4-5,7,9-10H2,1-3H3. The van der Waals surface area contributed by atoms with Gasteiger partial charge < -0.3 is 10.1 Å². The van der Waals surface area contributed by atoms with E-state index in [4.69, 9.17) is 4.74 Å². The largest absolute Gasteiger partial charge is 0.377 e. The lowest BCUT2D eigenvalue weighted by Crippen LogP contribution is -2.39. The van der Waals surface area contributed by atoms with Crippen LogP contribution in [0.1, 0.15) is 38.0 Å². The molecule has 1 N–H and O–H groups in total. The van der Waals surface area contributed by atoms with Crippen molar-refractivity contribution in [2.24, 2.45) is 0 Å². The topological polar surface area (TPSA) is 21.3 Å². The lowest BCUT2D eigenvalue weighted by atomic mass is 10.0. The maximum Gasteiger partial charge on any atom is 0.0727 e. The molecule has 0 aromatic carbocycles. The van der Waals surface area contributed by atoms with Gasteiger partial charge in [0, 0.05) is 17.5 Å². The first-order valence-electron chi connectivity index (χ1n) is 6.63. The number of hydrogen-bond donors (Lipinski definition) is 1. The fourth-order valence-corrected chi connectivity index (χ4v) is 2.89. The summed E-state index contributed by atoms with van der Waals surface area (Å²) in [5, 5.41) is 5.56. The summed E-state index contributed by atoms with van der Waals surface area (Å²) in [5.74, 6) is 0. The zero-order valence-electron chi connectivity index (χ0n) is 11.2. The second-order valence-electron chi connectivity index (χ2n) is 4.30. The summed E-state index contributed by atoms with van der Waals surface area (Å²) in [7, 11) is 2.04. The molecule has 17 heavy (non-hydrogen) atoms. The Morgan fingerprint density at radius 3 is 2.71 bits per heavy atom. The molecule has 1 aromatic heterocycles. The molecular formula is C14H25NOS. The Bertz CT molecular complexity index is 268. The van der Waals surface area contributed by atoms with E-state index in [1.165, 1.54) is 11.3 Å². The summed E-state index contributed by atoms with van der Waals surface area (Å²) in [6.07, 6.45) is 4.99. The van der Waals surface area contributed by atoms with Crippen LogP contribution in [0.5, 0.6) is 0 Å². The van der Waals surface area contributed by atoms with Gasteiger partial charge in [0.25, 0.3) is 0 Å². The maximum absolute atomic E-state index is 5.85. The van der Waals surface area contributed by atoms with Gasteiger partial charge in [0.05, 0.1) is 6.10 Å². The van der Waals surface area contributed by atoms with E-state index in [9.17, 15) is 0 Å². The Labute approximate surface area is 109 Å². The van der Waals surface area contributed by atoms with E-state index < -0.39 is 0 Å². The van der Waals surface area contributed by atoms with Gasteiger partial charge in [0.1, 0.15) is 0 Å². The molecule has 0 saturated carbocycles. The predicted octanol–water partition coefficient (Wildman–Crippen LogP) is 3.47. The first kappa shape index (κ1) is 14.7. The molecule has 0 spiro atoms. The summed E-state index contributed by atoms with van der Waals surface area (Å²) in [4.78, 5) is 1.47. The van der Waals surface area contributed by atoms with Gasteiger partial charge in [-0.3, -0.25) is 0 Å². The zero-order valence-corrected chi connectivity index (χ0v) is 12.1. The van der Waals surface area contributed by atoms with Crippen molar-refractivity contribution in [3.05, 3.63) is 22.4 Å². The van der Waals surface area contributed by atoms with Gasteiger partial charge in [0.2, 0.25) is 0 Å². The molecule has 0 bridgehead atoms. The Hall–Kier alpha value is -0.380. The predicted molar refractivity (Wildman–Crippen MR) is 75.8 cm³/mol. The first-order valence-corrected chi connectivity index (χ1v) is 7.51. The van der Waals surface area contributed by atoms with Crippen molar-refractivity contribution in [1.82, 2.24) is 5.32 Å². The van der Waals surface area contributed by atoms with Crippen LogP contribution < -0.4 is 5.32 Å². The lowest BCUT2D eigenvalue weighted by Gasteiger charge is -2.26. The van der Waals surface area contributed by atoms with Crippen molar-refractivity contribution in [1.29, 1.82) is 0 Å². The quantitative estimate of drug-likeness (QED) is 0.729. The summed E-state index contributed by atoms with van der Waals surface area (Å²) in [5.41, 5.74) is 0. The van der Waals surface area contributed by atoms with Crippen LogP contribution in [0.15, 0.2) is 17.5 Å². The first-order chi connectivity index (χ1) is 8.31. The molecule has 1 rings (SSSR count). The highest BCUT2D eigenvalue weighted by Gasteiger charge is 2.19. The fourth-order valence-electron chi connectivity index (χ4n) is 2.17. The highest BCUT2D eigenvalue weighted by molar-refractivity contribution is 7.09. The highest BCUT2D eigenvalue weighted by atomic mass is 32.1. The Morgan fingerprint density at radius 2 is 2.18 bits per heavy atom. The van der Waals surface area contributed by atoms with Gasteiger partial charge in [-0.1, -0.05) is 19.4 Å². The molecule has 2 atom stereocenters. The number of aryl methyl sites for hydroxylation is 1. The highest BCUT2D eigenvalue weighted by Crippen LogP contribution is 2.16. The van der Waals surface area contributed by atoms with Crippen molar-refractivity contribution in [2.75, 3.05) is 13.7 Å². The Balaban J connectivity index is 2.43. The number of rotatable bonds is 9. The van der Waals surface area contributed by atoms with Crippen LogP contribution in [-0.4, -0.2) is 25.8 Å². The van der Waals surface area contributed by atoms with Gasteiger partial charge in [0.15, 0.2) is 0 Å². The van der Waals surface area contributed by atoms with E-state index in [0.29, 0.717) is 12.1 Å². The summed E-state index contributed by atoms with van der Waals surface area (Å²) >= 11 is 1.85. The van der Waals surface area contributed by atoms with E-state index in [0.717, 1.165) is 25.9 Å². The number of hydrogen-bond acceptors (Lipinski definition) is 3. The van der Waals surface area contributed by atoms with Crippen LogP contribution in [0.2, 0.25) is 0 Å². The Morgan fingerprint density at radius 1 is 1.35 bits per heavy atom. The normalized spacial score (nSPS) is 14.8. The molecule has 2 unspecified atom stereocenters. The summed E-state index contributed by atoms with van der Waals surface area (Å²) in [6.45, 7) is 5.11. The van der Waals surface area contributed by atoms with Crippen LogP contribution in [0, 0.1) is 0 Å². The van der Waals surface area contributed by atoms with E-state index in [-0.39, 0.29) is 0 Å². The van der Waals surface area contributed by atoms with E-state index in [2.05, 4.69) is 36.7 Å². The van der Waals surface area contributed by atoms with Crippen molar-refractivity contribution in [3.63, 3.8) is 0 Å². The SMILES string of the molecule is CCCC(OCC)C(CCc1cccs1)NC. The van der Waals surface area contributed by atoms with E-state index in [1.807, 2.05) is 18.4 Å². The molecule has 0 aliphatic heterocycles. The lowest BCUT2D eigenvalue weighted by molar-refractivity contribution is 0.0280. The van der Waals surface area contributed by atoms with Gasteiger partial charge in [-0.2, -0.15) is 0 Å². The second kappa shape index (κ2) is 8.67. The average molecular weight is 255 g/mol. The number of likely N-dealkylation sites (N-methyl/N-ethyl adjacent to an activating group) is 1. The van der Waals surface area contributed by atoms with Gasteiger partial charge >= 0.3 is 0 Å². The molecular weight excluding hydrogens is 230 g/mol. The van der Waals surface area contributed by atoms with Crippen LogP contribution in [0.3, 0.4) is 0 Å². The van der Waals surface area contributed by atoms with Crippen molar-refractivity contribution in [3.8, 4) is 0 Å². The monoisotopic (exact) mass is 255 g/mol. The molecule has 0 radical (unpaired) electrons. The van der Waals surface area contributed by atoms with Gasteiger partial charge in [-0.05, 0) is 44.7 Å². The van der Waals surface area contributed by atoms with Crippen LogP contribution in [0.25, 0.3) is 0 Å². The fraction of sp³-hybridized carbons (Fsp3) is 0.714. The third-order valence-electron chi connectivity index (χ3n) is 3.06. The second-order valence-corrected chi connectivity index (χ2v) is 5.33. The molecule has 1 aromatic rings. The minimum atomic E-state index is 0.356. The third-order valence-corrected chi connectivity index (χ3v) is 3.99. The van der Waals surface area contributed by atoms with E-state index in [1.54, 1.807) is 0 Å². The van der Waals surface area contributed by atoms with Crippen molar-refractivity contribution >= 4 is 11.3 Å².